The highest BCUT2D eigenvalue weighted by Gasteiger charge is 2.33. The van der Waals surface area contributed by atoms with Crippen molar-refractivity contribution >= 4 is 21.6 Å². The molecule has 1 aromatic rings. The lowest BCUT2D eigenvalue weighted by Gasteiger charge is -2.42. The molecule has 1 aromatic carbocycles. The molecule has 0 saturated carbocycles. The van der Waals surface area contributed by atoms with Crippen molar-refractivity contribution in [2.45, 2.75) is 38.6 Å². The molecule has 0 spiro atoms. The molecule has 0 atom stereocenters. The maximum absolute atomic E-state index is 6.09. The summed E-state index contributed by atoms with van der Waals surface area (Å²) in [5.41, 5.74) is 8.58. The minimum absolute atomic E-state index is 0.0531. The first-order chi connectivity index (χ1) is 9.57. The van der Waals surface area contributed by atoms with Crippen LogP contribution in [0.5, 0.6) is 0 Å². The molecule has 0 aromatic heterocycles. The van der Waals surface area contributed by atoms with E-state index in [1.807, 2.05) is 0 Å². The van der Waals surface area contributed by atoms with Gasteiger partial charge in [-0.05, 0) is 56.5 Å². The summed E-state index contributed by atoms with van der Waals surface area (Å²) in [5.74, 6) is 0. The Morgan fingerprint density at radius 3 is 2.55 bits per heavy atom. The standard InChI is InChI=1S/C16H26BrN3/c1-3-6-20-7-4-16(12-18,5-8-20)19-15-10-13(2)9-14(17)11-15/h9-11,19H,3-8,12,18H2,1-2H3. The minimum atomic E-state index is 0.0531. The molecule has 20 heavy (non-hydrogen) atoms. The molecule has 1 fully saturated rings. The van der Waals surface area contributed by atoms with Crippen LogP contribution in [-0.4, -0.2) is 36.6 Å². The maximum Gasteiger partial charge on any atom is 0.0520 e. The summed E-state index contributed by atoms with van der Waals surface area (Å²) in [5, 5.41) is 3.71. The molecule has 1 aliphatic heterocycles. The van der Waals surface area contributed by atoms with E-state index in [-0.39, 0.29) is 5.54 Å². The summed E-state index contributed by atoms with van der Waals surface area (Å²) in [6, 6.07) is 6.47. The molecule has 0 bridgehead atoms. The van der Waals surface area contributed by atoms with Gasteiger partial charge in [0.1, 0.15) is 0 Å². The number of aryl methyl sites for hydroxylation is 1. The number of hydrogen-bond donors (Lipinski definition) is 2. The highest BCUT2D eigenvalue weighted by atomic mass is 79.9. The summed E-state index contributed by atoms with van der Waals surface area (Å²) >= 11 is 3.57. The molecule has 0 unspecified atom stereocenters. The number of rotatable bonds is 5. The first kappa shape index (κ1) is 15.8. The van der Waals surface area contributed by atoms with Gasteiger partial charge in [-0.3, -0.25) is 0 Å². The van der Waals surface area contributed by atoms with Crippen LogP contribution in [0.4, 0.5) is 5.69 Å². The number of anilines is 1. The average Bonchev–Trinajstić information content (AvgIpc) is 2.40. The normalized spacial score (nSPS) is 19.0. The van der Waals surface area contributed by atoms with Gasteiger partial charge < -0.3 is 16.0 Å². The zero-order valence-corrected chi connectivity index (χ0v) is 14.2. The van der Waals surface area contributed by atoms with Crippen LogP contribution in [0, 0.1) is 6.92 Å². The fourth-order valence-corrected chi connectivity index (χ4v) is 3.62. The lowest BCUT2D eigenvalue weighted by atomic mass is 9.87. The van der Waals surface area contributed by atoms with Crippen LogP contribution in [0.25, 0.3) is 0 Å². The monoisotopic (exact) mass is 339 g/mol. The number of benzene rings is 1. The van der Waals surface area contributed by atoms with Crippen LogP contribution in [0.3, 0.4) is 0 Å². The van der Waals surface area contributed by atoms with Crippen molar-refractivity contribution in [3.8, 4) is 0 Å². The second kappa shape index (κ2) is 6.92. The molecule has 0 radical (unpaired) electrons. The van der Waals surface area contributed by atoms with Gasteiger partial charge in [-0.1, -0.05) is 22.9 Å². The van der Waals surface area contributed by atoms with Crippen LogP contribution in [0.15, 0.2) is 22.7 Å². The SMILES string of the molecule is CCCN1CCC(CN)(Nc2cc(C)cc(Br)c2)CC1. The largest absolute Gasteiger partial charge is 0.378 e. The zero-order valence-electron chi connectivity index (χ0n) is 12.6. The van der Waals surface area contributed by atoms with Crippen molar-refractivity contribution in [1.29, 1.82) is 0 Å². The Bertz CT molecular complexity index is 419. The fraction of sp³-hybridized carbons (Fsp3) is 0.625. The lowest BCUT2D eigenvalue weighted by molar-refractivity contribution is 0.177. The Morgan fingerprint density at radius 2 is 2.00 bits per heavy atom. The summed E-state index contributed by atoms with van der Waals surface area (Å²) in [6.07, 6.45) is 3.47. The number of hydrogen-bond acceptors (Lipinski definition) is 3. The summed E-state index contributed by atoms with van der Waals surface area (Å²) in [6.45, 7) is 8.55. The van der Waals surface area contributed by atoms with Crippen molar-refractivity contribution in [2.24, 2.45) is 5.73 Å². The molecule has 3 nitrogen and oxygen atoms in total. The number of nitrogens with one attached hydrogen (secondary N) is 1. The van der Waals surface area contributed by atoms with Gasteiger partial charge in [-0.25, -0.2) is 0 Å². The molecule has 3 N–H and O–H groups in total. The quantitative estimate of drug-likeness (QED) is 0.864. The molecule has 1 saturated heterocycles. The van der Waals surface area contributed by atoms with E-state index in [1.54, 1.807) is 0 Å². The number of nitrogens with zero attached hydrogens (tertiary/aromatic N) is 1. The topological polar surface area (TPSA) is 41.3 Å². The molecule has 2 rings (SSSR count). The molecule has 4 heteroatoms. The van der Waals surface area contributed by atoms with Crippen LogP contribution in [0.2, 0.25) is 0 Å². The number of likely N-dealkylation sites (tertiary alicyclic amines) is 1. The van der Waals surface area contributed by atoms with Gasteiger partial charge in [-0.15, -0.1) is 0 Å². The molecule has 0 aliphatic carbocycles. The second-order valence-electron chi connectivity index (χ2n) is 5.97. The predicted octanol–water partition coefficient (Wildman–Crippen LogP) is 3.37. The molecule has 0 amide bonds. The smallest absolute Gasteiger partial charge is 0.0520 e. The Hall–Kier alpha value is -0.580. The van der Waals surface area contributed by atoms with E-state index < -0.39 is 0 Å². The number of nitrogens with two attached hydrogens (primary N) is 1. The molecule has 1 heterocycles. The predicted molar refractivity (Wildman–Crippen MR) is 90.3 cm³/mol. The van der Waals surface area contributed by atoms with E-state index in [4.69, 9.17) is 5.73 Å². The average molecular weight is 340 g/mol. The third-order valence-electron chi connectivity index (χ3n) is 4.20. The third-order valence-corrected chi connectivity index (χ3v) is 4.65. The van der Waals surface area contributed by atoms with Crippen LogP contribution in [-0.2, 0) is 0 Å². The number of halogens is 1. The lowest BCUT2D eigenvalue weighted by Crippen LogP contribution is -2.53. The molecule has 112 valence electrons. The van der Waals surface area contributed by atoms with E-state index >= 15 is 0 Å². The van der Waals surface area contributed by atoms with Gasteiger partial charge in [-0.2, -0.15) is 0 Å². The maximum atomic E-state index is 6.09. The van der Waals surface area contributed by atoms with E-state index in [0.29, 0.717) is 6.54 Å². The number of piperidine rings is 1. The van der Waals surface area contributed by atoms with E-state index in [0.717, 1.165) is 30.4 Å². The summed E-state index contributed by atoms with van der Waals surface area (Å²) < 4.78 is 1.12. The summed E-state index contributed by atoms with van der Waals surface area (Å²) in [4.78, 5) is 2.54. The van der Waals surface area contributed by atoms with Gasteiger partial charge in [0.25, 0.3) is 0 Å². The minimum Gasteiger partial charge on any atom is -0.378 e. The highest BCUT2D eigenvalue weighted by Crippen LogP contribution is 2.28. The van der Waals surface area contributed by atoms with Gasteiger partial charge in [0.2, 0.25) is 0 Å². The second-order valence-corrected chi connectivity index (χ2v) is 6.88. The molecular formula is C16H26BrN3. The highest BCUT2D eigenvalue weighted by molar-refractivity contribution is 9.10. The van der Waals surface area contributed by atoms with Crippen molar-refractivity contribution < 1.29 is 0 Å². The van der Waals surface area contributed by atoms with Gasteiger partial charge >= 0.3 is 0 Å². The molecule has 1 aliphatic rings. The van der Waals surface area contributed by atoms with Crippen molar-refractivity contribution in [1.82, 2.24) is 4.90 Å². The Morgan fingerprint density at radius 1 is 1.30 bits per heavy atom. The first-order valence-electron chi connectivity index (χ1n) is 7.55. The zero-order chi connectivity index (χ0) is 14.6. The van der Waals surface area contributed by atoms with Crippen LogP contribution in [0.1, 0.15) is 31.7 Å². The van der Waals surface area contributed by atoms with Gasteiger partial charge in [0, 0.05) is 29.8 Å². The van der Waals surface area contributed by atoms with E-state index in [9.17, 15) is 0 Å². The third kappa shape index (κ3) is 3.96. The molecular weight excluding hydrogens is 314 g/mol. The van der Waals surface area contributed by atoms with E-state index in [1.165, 1.54) is 24.2 Å². The van der Waals surface area contributed by atoms with Crippen molar-refractivity contribution in [2.75, 3.05) is 31.5 Å². The Labute approximate surface area is 131 Å². The Balaban J connectivity index is 2.05. The summed E-state index contributed by atoms with van der Waals surface area (Å²) in [7, 11) is 0. The van der Waals surface area contributed by atoms with Crippen molar-refractivity contribution in [3.05, 3.63) is 28.2 Å². The van der Waals surface area contributed by atoms with Gasteiger partial charge in [0.05, 0.1) is 5.54 Å². The van der Waals surface area contributed by atoms with Crippen molar-refractivity contribution in [3.63, 3.8) is 0 Å². The van der Waals surface area contributed by atoms with Crippen LogP contribution < -0.4 is 11.1 Å². The Kier molecular flexibility index (Phi) is 5.47. The van der Waals surface area contributed by atoms with Gasteiger partial charge in [0.15, 0.2) is 0 Å². The van der Waals surface area contributed by atoms with E-state index in [2.05, 4.69) is 58.2 Å². The van der Waals surface area contributed by atoms with Crippen LogP contribution >= 0.6 is 15.9 Å². The fourth-order valence-electron chi connectivity index (χ4n) is 3.02. The first-order valence-corrected chi connectivity index (χ1v) is 8.34.